The summed E-state index contributed by atoms with van der Waals surface area (Å²) in [6.45, 7) is 2.40. The lowest BCUT2D eigenvalue weighted by Crippen LogP contribution is -2.32. The normalized spacial score (nSPS) is 16.4. The summed E-state index contributed by atoms with van der Waals surface area (Å²) in [5.74, 6) is -1.91. The van der Waals surface area contributed by atoms with Gasteiger partial charge in [-0.1, -0.05) is 18.9 Å². The predicted molar refractivity (Wildman–Crippen MR) is 112 cm³/mol. The van der Waals surface area contributed by atoms with E-state index in [0.717, 1.165) is 37.8 Å². The van der Waals surface area contributed by atoms with Gasteiger partial charge >= 0.3 is 0 Å². The lowest BCUT2D eigenvalue weighted by atomic mass is 10.1. The van der Waals surface area contributed by atoms with E-state index in [0.29, 0.717) is 13.1 Å². The van der Waals surface area contributed by atoms with Crippen molar-refractivity contribution >= 4 is 15.9 Å². The van der Waals surface area contributed by atoms with Crippen molar-refractivity contribution in [1.29, 1.82) is 0 Å². The maximum Gasteiger partial charge on any atom is 0.251 e. The van der Waals surface area contributed by atoms with Crippen molar-refractivity contribution in [2.45, 2.75) is 43.5 Å². The van der Waals surface area contributed by atoms with Crippen LogP contribution in [-0.2, 0) is 10.0 Å². The molecule has 9 heteroatoms. The van der Waals surface area contributed by atoms with Crippen LogP contribution in [0.1, 0.15) is 54.6 Å². The summed E-state index contributed by atoms with van der Waals surface area (Å²) in [4.78, 5) is 12.7. The van der Waals surface area contributed by atoms with E-state index < -0.39 is 33.6 Å². The Hall–Kier alpha value is -2.52. The molecule has 1 heterocycles. The number of methoxy groups -OCH3 is 1. The Balaban J connectivity index is 1.87. The second-order valence-electron chi connectivity index (χ2n) is 7.54. The Labute approximate surface area is 181 Å². The van der Waals surface area contributed by atoms with Crippen LogP contribution in [-0.4, -0.2) is 38.8 Å². The Kier molecular flexibility index (Phi) is 7.27. The number of hydrogen-bond acceptors (Lipinski definition) is 4. The molecule has 1 N–H and O–H groups in total. The predicted octanol–water partition coefficient (Wildman–Crippen LogP) is 4.03. The van der Waals surface area contributed by atoms with Crippen LogP contribution in [0.4, 0.5) is 8.78 Å². The average molecular weight is 453 g/mol. The van der Waals surface area contributed by atoms with Crippen LogP contribution in [0.2, 0.25) is 0 Å². The molecule has 0 saturated carbocycles. The number of sulfonamides is 1. The molecule has 0 aromatic heterocycles. The maximum atomic E-state index is 14.0. The highest BCUT2D eigenvalue weighted by atomic mass is 32.2. The van der Waals surface area contributed by atoms with Crippen molar-refractivity contribution in [3.63, 3.8) is 0 Å². The van der Waals surface area contributed by atoms with E-state index in [2.05, 4.69) is 5.32 Å². The SMILES string of the molecule is COc1ccc(C(=O)NC(C)c2ccc(F)cc2F)cc1S(=O)(=O)N1CCCCCC1. The van der Waals surface area contributed by atoms with Gasteiger partial charge in [-0.3, -0.25) is 4.79 Å². The number of halogens is 2. The third kappa shape index (κ3) is 5.22. The fourth-order valence-electron chi connectivity index (χ4n) is 3.65. The van der Waals surface area contributed by atoms with Crippen molar-refractivity contribution in [1.82, 2.24) is 9.62 Å². The highest BCUT2D eigenvalue weighted by Gasteiger charge is 2.29. The molecule has 1 amide bonds. The largest absolute Gasteiger partial charge is 0.495 e. The Morgan fingerprint density at radius 2 is 1.74 bits per heavy atom. The quantitative estimate of drug-likeness (QED) is 0.718. The molecule has 6 nitrogen and oxygen atoms in total. The van der Waals surface area contributed by atoms with E-state index >= 15 is 0 Å². The van der Waals surface area contributed by atoms with Gasteiger partial charge in [0.05, 0.1) is 13.2 Å². The second-order valence-corrected chi connectivity index (χ2v) is 9.45. The molecule has 1 aliphatic heterocycles. The number of rotatable bonds is 6. The number of carbonyl (C=O) groups excluding carboxylic acids is 1. The Bertz CT molecular complexity index is 1050. The van der Waals surface area contributed by atoms with Gasteiger partial charge in [0.1, 0.15) is 22.3 Å². The van der Waals surface area contributed by atoms with E-state index in [1.54, 1.807) is 6.92 Å². The molecule has 3 rings (SSSR count). The minimum Gasteiger partial charge on any atom is -0.495 e. The van der Waals surface area contributed by atoms with E-state index in [-0.39, 0.29) is 21.8 Å². The zero-order chi connectivity index (χ0) is 22.6. The standard InChI is InChI=1S/C22H26F2N2O4S/c1-15(18-9-8-17(23)14-19(18)24)25-22(27)16-7-10-20(30-2)21(13-16)31(28,29)26-11-5-3-4-6-12-26/h7-10,13-15H,3-6,11-12H2,1-2H3,(H,25,27). The second kappa shape index (κ2) is 9.74. The van der Waals surface area contributed by atoms with Gasteiger partial charge in [-0.05, 0) is 44.0 Å². The van der Waals surface area contributed by atoms with Crippen molar-refractivity contribution in [3.8, 4) is 5.75 Å². The molecule has 31 heavy (non-hydrogen) atoms. The van der Waals surface area contributed by atoms with E-state index in [4.69, 9.17) is 4.74 Å². The number of benzene rings is 2. The monoisotopic (exact) mass is 452 g/mol. The first-order valence-corrected chi connectivity index (χ1v) is 11.6. The van der Waals surface area contributed by atoms with Gasteiger partial charge in [0.25, 0.3) is 5.91 Å². The van der Waals surface area contributed by atoms with Gasteiger partial charge in [0.15, 0.2) is 0 Å². The van der Waals surface area contributed by atoms with Gasteiger partial charge in [-0.15, -0.1) is 0 Å². The number of ether oxygens (including phenoxy) is 1. The molecule has 0 aliphatic carbocycles. The van der Waals surface area contributed by atoms with E-state index in [1.807, 2.05) is 0 Å². The van der Waals surface area contributed by atoms with Crippen LogP contribution < -0.4 is 10.1 Å². The van der Waals surface area contributed by atoms with Crippen molar-refractivity contribution in [2.24, 2.45) is 0 Å². The minimum atomic E-state index is -3.85. The zero-order valence-electron chi connectivity index (χ0n) is 17.5. The van der Waals surface area contributed by atoms with Gasteiger partial charge in [0.2, 0.25) is 10.0 Å². The molecule has 1 unspecified atom stereocenters. The third-order valence-electron chi connectivity index (χ3n) is 5.39. The highest BCUT2D eigenvalue weighted by molar-refractivity contribution is 7.89. The molecule has 0 bridgehead atoms. The zero-order valence-corrected chi connectivity index (χ0v) is 18.3. The molecule has 1 saturated heterocycles. The van der Waals surface area contributed by atoms with Gasteiger partial charge in [-0.2, -0.15) is 4.31 Å². The molecular formula is C22H26F2N2O4S. The molecule has 2 aromatic carbocycles. The first kappa shape index (κ1) is 23.1. The number of hydrogen-bond donors (Lipinski definition) is 1. The summed E-state index contributed by atoms with van der Waals surface area (Å²) < 4.78 is 60.3. The van der Waals surface area contributed by atoms with Gasteiger partial charge in [-0.25, -0.2) is 17.2 Å². The van der Waals surface area contributed by atoms with Gasteiger partial charge in [0, 0.05) is 30.3 Å². The van der Waals surface area contributed by atoms with Gasteiger partial charge < -0.3 is 10.1 Å². The molecule has 0 radical (unpaired) electrons. The fraction of sp³-hybridized carbons (Fsp3) is 0.409. The van der Waals surface area contributed by atoms with Crippen molar-refractivity contribution in [3.05, 3.63) is 59.2 Å². The molecular weight excluding hydrogens is 426 g/mol. The lowest BCUT2D eigenvalue weighted by Gasteiger charge is -2.22. The van der Waals surface area contributed by atoms with Crippen molar-refractivity contribution in [2.75, 3.05) is 20.2 Å². The van der Waals surface area contributed by atoms with Crippen LogP contribution in [0.3, 0.4) is 0 Å². The summed E-state index contributed by atoms with van der Waals surface area (Å²) in [5.41, 5.74) is 0.226. The lowest BCUT2D eigenvalue weighted by molar-refractivity contribution is 0.0939. The van der Waals surface area contributed by atoms with Crippen LogP contribution in [0.15, 0.2) is 41.3 Å². The van der Waals surface area contributed by atoms with Crippen molar-refractivity contribution < 1.29 is 26.7 Å². The number of amides is 1. The molecule has 168 valence electrons. The number of nitrogens with one attached hydrogen (secondary N) is 1. The third-order valence-corrected chi connectivity index (χ3v) is 7.31. The molecule has 1 atom stereocenters. The summed E-state index contributed by atoms with van der Waals surface area (Å²) >= 11 is 0. The molecule has 1 fully saturated rings. The highest BCUT2D eigenvalue weighted by Crippen LogP contribution is 2.30. The molecule has 1 aliphatic rings. The van der Waals surface area contributed by atoms with E-state index in [9.17, 15) is 22.0 Å². The van der Waals surface area contributed by atoms with Crippen LogP contribution in [0.5, 0.6) is 5.75 Å². The number of carbonyl (C=O) groups is 1. The smallest absolute Gasteiger partial charge is 0.251 e. The first-order valence-electron chi connectivity index (χ1n) is 10.2. The maximum absolute atomic E-state index is 14.0. The Morgan fingerprint density at radius 1 is 1.06 bits per heavy atom. The molecule has 2 aromatic rings. The number of nitrogens with zero attached hydrogens (tertiary/aromatic N) is 1. The van der Waals surface area contributed by atoms with Crippen LogP contribution in [0, 0.1) is 11.6 Å². The van der Waals surface area contributed by atoms with Crippen LogP contribution >= 0.6 is 0 Å². The van der Waals surface area contributed by atoms with E-state index in [1.165, 1.54) is 35.7 Å². The fourth-order valence-corrected chi connectivity index (χ4v) is 5.35. The summed E-state index contributed by atoms with van der Waals surface area (Å²) in [6, 6.07) is 6.53. The van der Waals surface area contributed by atoms with Crippen LogP contribution in [0.25, 0.3) is 0 Å². The summed E-state index contributed by atoms with van der Waals surface area (Å²) in [6.07, 6.45) is 3.51. The first-order chi connectivity index (χ1) is 14.7. The molecule has 0 spiro atoms. The minimum absolute atomic E-state index is 0.0786. The summed E-state index contributed by atoms with van der Waals surface area (Å²) in [5, 5.41) is 2.63. The topological polar surface area (TPSA) is 75.7 Å². The Morgan fingerprint density at radius 3 is 2.35 bits per heavy atom. The average Bonchev–Trinajstić information content (AvgIpc) is 3.03. The summed E-state index contributed by atoms with van der Waals surface area (Å²) in [7, 11) is -2.48.